The summed E-state index contributed by atoms with van der Waals surface area (Å²) in [5, 5.41) is 0. The van der Waals surface area contributed by atoms with Crippen molar-refractivity contribution in [2.75, 3.05) is 0 Å². The summed E-state index contributed by atoms with van der Waals surface area (Å²) in [6, 6.07) is 16.6. The molecule has 0 bridgehead atoms. The van der Waals surface area contributed by atoms with Crippen molar-refractivity contribution >= 4 is 11.5 Å². The second kappa shape index (κ2) is 10.9. The summed E-state index contributed by atoms with van der Waals surface area (Å²) in [5.74, 6) is -1.32. The van der Waals surface area contributed by atoms with Crippen LogP contribution in [0.2, 0.25) is 0 Å². The van der Waals surface area contributed by atoms with Gasteiger partial charge in [0.2, 0.25) is 0 Å². The van der Waals surface area contributed by atoms with Gasteiger partial charge in [0.25, 0.3) is 0 Å². The first-order valence-corrected chi connectivity index (χ1v) is 11.0. The van der Waals surface area contributed by atoms with Gasteiger partial charge in [0.05, 0.1) is 6.42 Å². The monoisotopic (exact) mass is 446 g/mol. The van der Waals surface area contributed by atoms with Gasteiger partial charge in [0.15, 0.2) is 0 Å². The number of carbonyl (C=O) groups is 1. The van der Waals surface area contributed by atoms with E-state index in [1.807, 2.05) is 64.1 Å². The average molecular weight is 447 g/mol. The Morgan fingerprint density at radius 3 is 2.24 bits per heavy atom. The number of hydrogen-bond donors (Lipinski definition) is 0. The quantitative estimate of drug-likeness (QED) is 0.210. The SMILES string of the molecule is CC/C(=C\C=C(C)C)c1ccc(OC(=O)Cc2ccc(-c3ccc(C)cc3)c(F)c2)cc1F. The van der Waals surface area contributed by atoms with E-state index in [-0.39, 0.29) is 12.2 Å². The molecule has 170 valence electrons. The Labute approximate surface area is 194 Å². The van der Waals surface area contributed by atoms with Crippen molar-refractivity contribution in [3.63, 3.8) is 0 Å². The number of hydrogen-bond acceptors (Lipinski definition) is 2. The summed E-state index contributed by atoms with van der Waals surface area (Å²) in [7, 11) is 0. The molecule has 0 radical (unpaired) electrons. The van der Waals surface area contributed by atoms with Crippen LogP contribution in [0.3, 0.4) is 0 Å². The molecular weight excluding hydrogens is 418 g/mol. The minimum absolute atomic E-state index is 0.116. The minimum Gasteiger partial charge on any atom is -0.426 e. The van der Waals surface area contributed by atoms with Crippen molar-refractivity contribution < 1.29 is 18.3 Å². The molecule has 0 aliphatic rings. The molecule has 0 spiro atoms. The molecule has 0 aliphatic carbocycles. The maximum atomic E-state index is 14.7. The molecular formula is C29H28F2O2. The smallest absolute Gasteiger partial charge is 0.315 e. The molecule has 0 unspecified atom stereocenters. The zero-order valence-corrected chi connectivity index (χ0v) is 19.4. The fourth-order valence-electron chi connectivity index (χ4n) is 3.46. The van der Waals surface area contributed by atoms with Crippen LogP contribution >= 0.6 is 0 Å². The van der Waals surface area contributed by atoms with E-state index in [9.17, 15) is 13.6 Å². The lowest BCUT2D eigenvalue weighted by molar-refractivity contribution is -0.133. The number of benzene rings is 3. The lowest BCUT2D eigenvalue weighted by Crippen LogP contribution is -2.11. The van der Waals surface area contributed by atoms with E-state index in [0.717, 1.165) is 22.3 Å². The maximum Gasteiger partial charge on any atom is 0.315 e. The van der Waals surface area contributed by atoms with E-state index in [1.165, 1.54) is 12.1 Å². The molecule has 3 rings (SSSR count). The molecule has 0 heterocycles. The van der Waals surface area contributed by atoms with Gasteiger partial charge >= 0.3 is 5.97 Å². The van der Waals surface area contributed by atoms with Gasteiger partial charge in [-0.15, -0.1) is 0 Å². The van der Waals surface area contributed by atoms with E-state index in [0.29, 0.717) is 23.1 Å². The standard InChI is InChI=1S/C29H28F2O2/c1-5-22(10-6-19(2)3)25-15-13-24(18-28(25)31)33-29(32)17-21-9-14-26(27(30)16-21)23-11-7-20(4)8-12-23/h6-16,18H,5,17H2,1-4H3/b22-10+. The van der Waals surface area contributed by atoms with Gasteiger partial charge in [-0.25, -0.2) is 8.78 Å². The van der Waals surface area contributed by atoms with E-state index in [2.05, 4.69) is 0 Å². The van der Waals surface area contributed by atoms with Crippen LogP contribution in [0.4, 0.5) is 8.78 Å². The highest BCUT2D eigenvalue weighted by Crippen LogP contribution is 2.27. The van der Waals surface area contributed by atoms with Gasteiger partial charge in [-0.3, -0.25) is 4.79 Å². The Balaban J connectivity index is 1.70. The second-order valence-electron chi connectivity index (χ2n) is 8.26. The number of esters is 1. The first-order chi connectivity index (χ1) is 15.8. The lowest BCUT2D eigenvalue weighted by atomic mass is 10.0. The van der Waals surface area contributed by atoms with Crippen molar-refractivity contribution in [3.05, 3.63) is 107 Å². The van der Waals surface area contributed by atoms with Crippen LogP contribution in [0.1, 0.15) is 43.9 Å². The van der Waals surface area contributed by atoms with Crippen LogP contribution in [0.15, 0.2) is 78.4 Å². The fraction of sp³-hybridized carbons (Fsp3) is 0.207. The van der Waals surface area contributed by atoms with E-state index in [1.54, 1.807) is 24.3 Å². The number of aryl methyl sites for hydroxylation is 1. The van der Waals surface area contributed by atoms with Crippen molar-refractivity contribution in [2.45, 2.75) is 40.5 Å². The lowest BCUT2D eigenvalue weighted by Gasteiger charge is -2.10. The zero-order chi connectivity index (χ0) is 24.0. The van der Waals surface area contributed by atoms with Crippen LogP contribution in [-0.4, -0.2) is 5.97 Å². The van der Waals surface area contributed by atoms with Crippen molar-refractivity contribution in [2.24, 2.45) is 0 Å². The molecule has 0 fully saturated rings. The van der Waals surface area contributed by atoms with Crippen molar-refractivity contribution in [1.82, 2.24) is 0 Å². The first-order valence-electron chi connectivity index (χ1n) is 11.0. The summed E-state index contributed by atoms with van der Waals surface area (Å²) in [5.41, 5.74) is 5.28. The van der Waals surface area contributed by atoms with E-state index >= 15 is 0 Å². The third-order valence-corrected chi connectivity index (χ3v) is 5.26. The van der Waals surface area contributed by atoms with Crippen LogP contribution in [0, 0.1) is 18.6 Å². The third-order valence-electron chi connectivity index (χ3n) is 5.26. The molecule has 0 amide bonds. The summed E-state index contributed by atoms with van der Waals surface area (Å²) in [6.07, 6.45) is 4.39. The Hall–Kier alpha value is -3.53. The highest BCUT2D eigenvalue weighted by Gasteiger charge is 2.13. The fourth-order valence-corrected chi connectivity index (χ4v) is 3.46. The van der Waals surface area contributed by atoms with Crippen LogP contribution in [0.5, 0.6) is 5.75 Å². The molecule has 4 heteroatoms. The molecule has 0 saturated carbocycles. The minimum atomic E-state index is -0.583. The summed E-state index contributed by atoms with van der Waals surface area (Å²) < 4.78 is 34.6. The topological polar surface area (TPSA) is 26.3 Å². The van der Waals surface area contributed by atoms with Gasteiger partial charge in [-0.1, -0.05) is 66.6 Å². The average Bonchev–Trinajstić information content (AvgIpc) is 2.76. The molecule has 0 saturated heterocycles. The van der Waals surface area contributed by atoms with E-state index in [4.69, 9.17) is 4.74 Å². The van der Waals surface area contributed by atoms with Gasteiger partial charge in [0.1, 0.15) is 17.4 Å². The van der Waals surface area contributed by atoms with Crippen LogP contribution in [-0.2, 0) is 11.2 Å². The number of halogens is 2. The normalized spacial score (nSPS) is 11.3. The van der Waals surface area contributed by atoms with Crippen molar-refractivity contribution in [3.8, 4) is 16.9 Å². The number of rotatable bonds is 7. The third kappa shape index (κ3) is 6.48. The predicted molar refractivity (Wildman–Crippen MR) is 130 cm³/mol. The largest absolute Gasteiger partial charge is 0.426 e. The predicted octanol–water partition coefficient (Wildman–Crippen LogP) is 7.85. The Morgan fingerprint density at radius 2 is 1.64 bits per heavy atom. The Bertz CT molecular complexity index is 1200. The highest BCUT2D eigenvalue weighted by atomic mass is 19.1. The van der Waals surface area contributed by atoms with Crippen LogP contribution < -0.4 is 4.74 Å². The molecule has 0 atom stereocenters. The molecule has 33 heavy (non-hydrogen) atoms. The highest BCUT2D eigenvalue weighted by molar-refractivity contribution is 5.76. The summed E-state index contributed by atoms with van der Waals surface area (Å²) in [6.45, 7) is 7.88. The van der Waals surface area contributed by atoms with Gasteiger partial charge < -0.3 is 4.74 Å². The molecule has 3 aromatic carbocycles. The molecule has 2 nitrogen and oxygen atoms in total. The molecule has 0 aromatic heterocycles. The maximum absolute atomic E-state index is 14.7. The summed E-state index contributed by atoms with van der Waals surface area (Å²) >= 11 is 0. The van der Waals surface area contributed by atoms with Crippen molar-refractivity contribution in [1.29, 1.82) is 0 Å². The van der Waals surface area contributed by atoms with Gasteiger partial charge in [-0.2, -0.15) is 0 Å². The Morgan fingerprint density at radius 1 is 0.909 bits per heavy atom. The number of ether oxygens (including phenoxy) is 1. The van der Waals surface area contributed by atoms with E-state index < -0.39 is 17.6 Å². The van der Waals surface area contributed by atoms with Gasteiger partial charge in [0, 0.05) is 17.2 Å². The number of carbonyl (C=O) groups excluding carboxylic acids is 1. The Kier molecular flexibility index (Phi) is 7.94. The molecule has 0 N–H and O–H groups in total. The second-order valence-corrected chi connectivity index (χ2v) is 8.26. The molecule has 3 aromatic rings. The molecule has 0 aliphatic heterocycles. The van der Waals surface area contributed by atoms with Crippen LogP contribution in [0.25, 0.3) is 16.7 Å². The van der Waals surface area contributed by atoms with Gasteiger partial charge in [-0.05, 0) is 62.1 Å². The summed E-state index contributed by atoms with van der Waals surface area (Å²) in [4.78, 5) is 12.4. The zero-order valence-electron chi connectivity index (χ0n) is 19.4. The first kappa shape index (κ1) is 24.1. The number of allylic oxidation sites excluding steroid dienone is 4.